The number of H-pyrrole nitrogens is 2. The van der Waals surface area contributed by atoms with Crippen LogP contribution in [0.2, 0.25) is 0 Å². The number of hydrogen-bond acceptors (Lipinski definition) is 18. The second-order valence-electron chi connectivity index (χ2n) is 26.1. The Morgan fingerprint density at radius 3 is 1.68 bits per heavy atom. The normalized spacial score (nSPS) is 19.2. The summed E-state index contributed by atoms with van der Waals surface area (Å²) in [5.74, 6) is -14.9. The molecule has 0 radical (unpaired) electrons. The van der Waals surface area contributed by atoms with Crippen LogP contribution in [0.5, 0.6) is 5.75 Å². The molecule has 13 atom stereocenters. The van der Waals surface area contributed by atoms with Gasteiger partial charge in [-0.05, 0) is 65.0 Å². The number of rotatable bonds is 30. The summed E-state index contributed by atoms with van der Waals surface area (Å²) in [5.41, 5.74) is 9.17. The van der Waals surface area contributed by atoms with Crippen LogP contribution >= 0.6 is 21.6 Å². The number of benzene rings is 3. The van der Waals surface area contributed by atoms with E-state index in [1.807, 2.05) is 18.2 Å². The topological polar surface area (TPSA) is 494 Å². The third kappa shape index (κ3) is 27.0. The summed E-state index contributed by atoms with van der Waals surface area (Å²) >= 11 is 0. The zero-order valence-electron chi connectivity index (χ0n) is 58.9. The number of aromatic hydroxyl groups is 1. The summed E-state index contributed by atoms with van der Waals surface area (Å²) in [6, 6.07) is 6.02. The van der Waals surface area contributed by atoms with Gasteiger partial charge in [-0.1, -0.05) is 150 Å². The van der Waals surface area contributed by atoms with Gasteiger partial charge in [-0.3, -0.25) is 57.5 Å². The number of phenols is 1. The Hall–Kier alpha value is -10.0. The van der Waals surface area contributed by atoms with Crippen LogP contribution in [-0.4, -0.2) is 190 Å². The van der Waals surface area contributed by atoms with Crippen molar-refractivity contribution in [3.05, 3.63) is 120 Å². The first-order chi connectivity index (χ1) is 48.8. The van der Waals surface area contributed by atoms with Crippen molar-refractivity contribution >= 4 is 109 Å². The Bertz CT molecular complexity index is 3710. The molecule has 1 saturated heterocycles. The van der Waals surface area contributed by atoms with Crippen molar-refractivity contribution in [2.45, 2.75) is 180 Å². The van der Waals surface area contributed by atoms with Crippen LogP contribution in [0.25, 0.3) is 10.9 Å². The lowest BCUT2D eigenvalue weighted by molar-refractivity contribution is -0.142. The SMILES string of the molecule is CC(=O)O.CC[C@H](C)[C@H](NC(=O)[C@H](CC(=O)O)NC(=O)[C@H](CC(C)C)NC(=O)[C@H](Cc1cnc[nH]1)NC(=O)[C@@H]1CSSC[C@H](N)C(=O)N[C@@H](C(C)C)C(=O)N[C@@H](Cc2ccc(O)cc2)C(=O)N[C@@H](Cc2ccccc2)C(=O)N1)C(=O)N[C@H](C(=O)N[C@@H](Cc1c[nH]c2ccccc12)C(=O)O)[C@@H](C)CC. The fraction of sp³-hybridized carbons (Fsp3) is 0.486. The van der Waals surface area contributed by atoms with Crippen molar-refractivity contribution in [1.82, 2.24) is 68.1 Å². The number of phenolic OH excluding ortho intramolecular Hbond substituents is 1. The van der Waals surface area contributed by atoms with Crippen molar-refractivity contribution in [3.63, 3.8) is 0 Å². The minimum Gasteiger partial charge on any atom is -0.508 e. The molecule has 10 amide bonds. The summed E-state index contributed by atoms with van der Waals surface area (Å²) in [5, 5.41) is 65.2. The number of fused-ring (bicyclic) bond motifs is 1. The van der Waals surface area contributed by atoms with E-state index in [1.165, 1.54) is 24.7 Å². The van der Waals surface area contributed by atoms with E-state index in [2.05, 4.69) is 68.1 Å². The maximum Gasteiger partial charge on any atom is 0.326 e. The number of nitrogens with two attached hydrogens (primary N) is 1. The first-order valence-corrected chi connectivity index (χ1v) is 36.3. The van der Waals surface area contributed by atoms with Gasteiger partial charge < -0.3 is 89.3 Å². The summed E-state index contributed by atoms with van der Waals surface area (Å²) in [6.45, 7) is 14.7. The molecule has 33 heteroatoms. The smallest absolute Gasteiger partial charge is 0.326 e. The van der Waals surface area contributed by atoms with Gasteiger partial charge in [0.25, 0.3) is 5.97 Å². The Labute approximate surface area is 604 Å². The van der Waals surface area contributed by atoms with Crippen molar-refractivity contribution in [2.24, 2.45) is 29.4 Å². The summed E-state index contributed by atoms with van der Waals surface area (Å²) in [4.78, 5) is 188. The average molecular weight is 1470 g/mol. The average Bonchev–Trinajstić information content (AvgIpc) is 1.81. The van der Waals surface area contributed by atoms with Gasteiger partial charge in [0.1, 0.15) is 66.2 Å². The molecule has 5 aromatic rings. The molecule has 560 valence electrons. The Balaban J connectivity index is 0.00000464. The highest BCUT2D eigenvalue weighted by atomic mass is 33.1. The lowest BCUT2D eigenvalue weighted by Crippen LogP contribution is -2.62. The van der Waals surface area contributed by atoms with E-state index in [1.54, 1.807) is 110 Å². The number of nitrogens with one attached hydrogen (secondary N) is 12. The molecule has 103 heavy (non-hydrogen) atoms. The molecule has 0 spiro atoms. The van der Waals surface area contributed by atoms with Gasteiger partial charge in [0.2, 0.25) is 59.1 Å². The molecule has 2 aromatic heterocycles. The standard InChI is InChI=1S/C68H92N14O15S2.C2H4O2/c1-9-37(7)56(66(94)78-52(68(96)97)27-41-30-71-46-19-15-14-18-44(41)46)82-67(95)57(38(8)10-2)81-63(91)51(29-54(84)85)76-59(87)47(24-35(3)4)73-62(90)50(28-42-31-70-34-72-42)75-64(92)53-33-99-98-32-45(69)58(86)80-55(36(5)6)65(93)77-49(26-40-20-22-43(83)23-21-40)60(88)74-48(61(89)79-53)25-39-16-12-11-13-17-39;1-2(3)4/h11-23,30-31,34-38,45,47-53,55-57,71,83H,9-10,24-29,32-33,69H2,1-8H3,(H,70,72)(H,73,90)(H,74,88)(H,75,92)(H,76,87)(H,77,93)(H,78,94)(H,79,89)(H,80,86)(H,81,91)(H,82,95)(H,84,85)(H,96,97);1H3,(H,3,4)/t37-,38-,45-,47-,48-,49-,50-,51-,52-,53-,55-,56-,57-;/m0./s1. The van der Waals surface area contributed by atoms with Crippen LogP contribution < -0.4 is 58.9 Å². The number of amides is 10. The summed E-state index contributed by atoms with van der Waals surface area (Å²) < 4.78 is 0. The number of carbonyl (C=O) groups is 13. The van der Waals surface area contributed by atoms with Crippen LogP contribution in [-0.2, 0) is 88.0 Å². The number of imidazole rings is 1. The van der Waals surface area contributed by atoms with E-state index >= 15 is 0 Å². The predicted octanol–water partition coefficient (Wildman–Crippen LogP) is 1.88. The molecule has 1 aliphatic heterocycles. The second kappa shape index (κ2) is 41.2. The van der Waals surface area contributed by atoms with E-state index in [-0.39, 0.29) is 61.7 Å². The van der Waals surface area contributed by atoms with Crippen molar-refractivity contribution in [1.29, 1.82) is 0 Å². The molecular weight excluding hydrogens is 1370 g/mol. The number of hydrogen-bond donors (Lipinski definition) is 17. The number of nitrogens with zero attached hydrogens (tertiary/aromatic N) is 1. The van der Waals surface area contributed by atoms with Gasteiger partial charge in [0, 0.05) is 73.1 Å². The largest absolute Gasteiger partial charge is 0.508 e. The third-order valence-electron chi connectivity index (χ3n) is 17.0. The summed E-state index contributed by atoms with van der Waals surface area (Å²) in [7, 11) is 2.11. The lowest BCUT2D eigenvalue weighted by atomic mass is 9.94. The van der Waals surface area contributed by atoms with Gasteiger partial charge in [-0.2, -0.15) is 0 Å². The van der Waals surface area contributed by atoms with Crippen molar-refractivity contribution < 1.29 is 82.8 Å². The highest BCUT2D eigenvalue weighted by Gasteiger charge is 2.39. The van der Waals surface area contributed by atoms with E-state index in [4.69, 9.17) is 15.6 Å². The first kappa shape index (κ1) is 83.6. The second-order valence-corrected chi connectivity index (χ2v) is 28.6. The zero-order valence-corrected chi connectivity index (χ0v) is 60.5. The lowest BCUT2D eigenvalue weighted by Gasteiger charge is -2.31. The van der Waals surface area contributed by atoms with Crippen LogP contribution in [0.1, 0.15) is 110 Å². The first-order valence-electron chi connectivity index (χ1n) is 33.8. The molecule has 1 fully saturated rings. The monoisotopic (exact) mass is 1470 g/mol. The van der Waals surface area contributed by atoms with Crippen molar-refractivity contribution in [3.8, 4) is 5.75 Å². The molecule has 6 rings (SSSR count). The van der Waals surface area contributed by atoms with Crippen molar-refractivity contribution in [2.75, 3.05) is 11.5 Å². The highest BCUT2D eigenvalue weighted by Crippen LogP contribution is 2.25. The summed E-state index contributed by atoms with van der Waals surface area (Å²) in [6.07, 6.45) is 3.23. The molecule has 0 bridgehead atoms. The number of aliphatic carboxylic acids is 3. The molecule has 3 heterocycles. The van der Waals surface area contributed by atoms with E-state index in [0.29, 0.717) is 28.8 Å². The maximum atomic E-state index is 14.9. The van der Waals surface area contributed by atoms with Crippen LogP contribution in [0.4, 0.5) is 0 Å². The minimum absolute atomic E-state index is 0.0520. The third-order valence-corrected chi connectivity index (χ3v) is 19.4. The molecule has 18 N–H and O–H groups in total. The molecule has 0 unspecified atom stereocenters. The van der Waals surface area contributed by atoms with Gasteiger partial charge in [-0.25, -0.2) is 9.78 Å². The Kier molecular flexibility index (Phi) is 33.4. The number of carboxylic acid groups (broad SMARTS) is 3. The van der Waals surface area contributed by atoms with Gasteiger partial charge in [-0.15, -0.1) is 0 Å². The molecule has 31 nitrogen and oxygen atoms in total. The molecule has 3 aromatic carbocycles. The fourth-order valence-corrected chi connectivity index (χ4v) is 13.1. The molecule has 0 saturated carbocycles. The molecular formula is C70H96N14O17S2. The maximum absolute atomic E-state index is 14.9. The zero-order chi connectivity index (χ0) is 76.2. The van der Waals surface area contributed by atoms with Crippen LogP contribution in [0.3, 0.4) is 0 Å². The van der Waals surface area contributed by atoms with Gasteiger partial charge in [0.15, 0.2) is 0 Å². The predicted molar refractivity (Wildman–Crippen MR) is 385 cm³/mol. The van der Waals surface area contributed by atoms with Gasteiger partial charge >= 0.3 is 11.9 Å². The Morgan fingerprint density at radius 1 is 0.583 bits per heavy atom. The van der Waals surface area contributed by atoms with Gasteiger partial charge in [0.05, 0.1) is 18.8 Å². The molecule has 0 aliphatic carbocycles. The van der Waals surface area contributed by atoms with Crippen LogP contribution in [0.15, 0.2) is 97.6 Å². The van der Waals surface area contributed by atoms with E-state index in [0.717, 1.165) is 39.4 Å². The molecule has 1 aliphatic rings. The fourth-order valence-electron chi connectivity index (χ4n) is 10.8. The minimum atomic E-state index is -1.87. The van der Waals surface area contributed by atoms with E-state index < -0.39 is 168 Å². The number of carbonyl (C=O) groups excluding carboxylic acids is 10. The number of carboxylic acids is 3. The highest BCUT2D eigenvalue weighted by molar-refractivity contribution is 8.76. The number of aromatic amines is 2. The Morgan fingerprint density at radius 2 is 1.11 bits per heavy atom. The quantitative estimate of drug-likeness (QED) is 0.0292. The number of para-hydroxylation sites is 1. The number of aromatic nitrogens is 3. The van der Waals surface area contributed by atoms with E-state index in [9.17, 15) is 72.9 Å². The van der Waals surface area contributed by atoms with Crippen LogP contribution in [0, 0.1) is 23.7 Å².